The van der Waals surface area contributed by atoms with Crippen LogP contribution in [0.15, 0.2) is 11.3 Å². The van der Waals surface area contributed by atoms with Crippen molar-refractivity contribution in [3.05, 3.63) is 6.33 Å². The van der Waals surface area contributed by atoms with E-state index in [1.165, 1.54) is 12.4 Å². The molecule has 4 nitrogen and oxygen atoms in total. The Bertz CT molecular complexity index is 200. The second kappa shape index (κ2) is 2.30. The van der Waals surface area contributed by atoms with Gasteiger partial charge in [0.25, 0.3) is 0 Å². The third kappa shape index (κ3) is 0.959. The van der Waals surface area contributed by atoms with E-state index in [1.807, 2.05) is 0 Å². The fraction of sp³-hybridized carbons (Fsp3) is 0. The van der Waals surface area contributed by atoms with E-state index < -0.39 is 0 Å². The molecule has 0 amide bonds. The molecule has 0 saturated carbocycles. The molecule has 0 aliphatic heterocycles. The first-order valence-electron chi connectivity index (χ1n) is 1.78. The number of isocyanates is 1. The van der Waals surface area contributed by atoms with Crippen LogP contribution in [0.4, 0.5) is 5.13 Å². The molecular weight excluding hydrogens is 126 g/mol. The summed E-state index contributed by atoms with van der Waals surface area (Å²) in [6.07, 6.45) is 2.69. The van der Waals surface area contributed by atoms with E-state index in [9.17, 15) is 4.79 Å². The van der Waals surface area contributed by atoms with Gasteiger partial charge in [0.1, 0.15) is 6.33 Å². The molecule has 40 valence electrons. The molecule has 0 atom stereocenters. The van der Waals surface area contributed by atoms with Crippen molar-refractivity contribution in [2.45, 2.75) is 0 Å². The number of carbonyl (C=O) groups excluding carboxylic acids is 1. The molecule has 1 aromatic rings. The molecular formula is C3HN3OS. The summed E-state index contributed by atoms with van der Waals surface area (Å²) >= 11 is 1.06. The first-order valence-corrected chi connectivity index (χ1v) is 2.55. The Labute approximate surface area is 49.1 Å². The summed E-state index contributed by atoms with van der Waals surface area (Å²) < 4.78 is 3.60. The van der Waals surface area contributed by atoms with Crippen molar-refractivity contribution < 1.29 is 4.79 Å². The summed E-state index contributed by atoms with van der Waals surface area (Å²) in [5.41, 5.74) is 0. The summed E-state index contributed by atoms with van der Waals surface area (Å²) in [6.45, 7) is 0. The van der Waals surface area contributed by atoms with Gasteiger partial charge in [0.15, 0.2) is 0 Å². The van der Waals surface area contributed by atoms with Crippen LogP contribution in [-0.4, -0.2) is 15.4 Å². The number of nitrogens with zero attached hydrogens (tertiary/aromatic N) is 3. The maximum atomic E-state index is 9.52. The monoisotopic (exact) mass is 127 g/mol. The Kier molecular flexibility index (Phi) is 1.46. The molecule has 0 aromatic carbocycles. The number of hydrogen-bond acceptors (Lipinski definition) is 5. The van der Waals surface area contributed by atoms with Crippen LogP contribution in [0.2, 0.25) is 0 Å². The zero-order valence-corrected chi connectivity index (χ0v) is 4.55. The van der Waals surface area contributed by atoms with Crippen molar-refractivity contribution in [3.63, 3.8) is 0 Å². The second-order valence-corrected chi connectivity index (χ2v) is 1.69. The standard InChI is InChI=1S/C3HN3OS/c7-2-5-3-4-1-6-8-3/h1H. The van der Waals surface area contributed by atoms with Crippen LogP contribution in [0.25, 0.3) is 0 Å². The van der Waals surface area contributed by atoms with E-state index in [0.717, 1.165) is 11.5 Å². The third-order valence-corrected chi connectivity index (χ3v) is 1.05. The van der Waals surface area contributed by atoms with Crippen LogP contribution < -0.4 is 0 Å². The zero-order chi connectivity index (χ0) is 5.82. The molecule has 0 aliphatic rings. The Hall–Kier alpha value is -1.06. The summed E-state index contributed by atoms with van der Waals surface area (Å²) in [7, 11) is 0. The molecule has 5 heteroatoms. The minimum absolute atomic E-state index is 0.347. The minimum Gasteiger partial charge on any atom is -0.211 e. The number of aliphatic imine (C=N–C) groups is 1. The van der Waals surface area contributed by atoms with Gasteiger partial charge >= 0.3 is 0 Å². The maximum Gasteiger partial charge on any atom is 0.242 e. The van der Waals surface area contributed by atoms with Crippen molar-refractivity contribution in [1.29, 1.82) is 0 Å². The van der Waals surface area contributed by atoms with E-state index in [4.69, 9.17) is 0 Å². The van der Waals surface area contributed by atoms with Gasteiger partial charge in [-0.1, -0.05) is 0 Å². The minimum atomic E-state index is 0.347. The lowest BCUT2D eigenvalue weighted by Crippen LogP contribution is -1.54. The van der Waals surface area contributed by atoms with Crippen molar-refractivity contribution in [2.75, 3.05) is 0 Å². The predicted octanol–water partition coefficient (Wildman–Crippen LogP) is 0.505. The highest BCUT2D eigenvalue weighted by molar-refractivity contribution is 7.09. The molecule has 0 N–H and O–H groups in total. The average Bonchev–Trinajstić information content (AvgIpc) is 2.19. The topological polar surface area (TPSA) is 55.2 Å². The molecule has 0 spiro atoms. The first kappa shape index (κ1) is 5.08. The van der Waals surface area contributed by atoms with Gasteiger partial charge < -0.3 is 0 Å². The molecule has 8 heavy (non-hydrogen) atoms. The SMILES string of the molecule is O=C=Nc1ncns1. The van der Waals surface area contributed by atoms with E-state index in [1.54, 1.807) is 0 Å². The van der Waals surface area contributed by atoms with Gasteiger partial charge in [-0.05, 0) is 0 Å². The van der Waals surface area contributed by atoms with Gasteiger partial charge in [0.05, 0.1) is 0 Å². The largest absolute Gasteiger partial charge is 0.242 e. The van der Waals surface area contributed by atoms with Crippen LogP contribution in [0, 0.1) is 0 Å². The average molecular weight is 127 g/mol. The zero-order valence-electron chi connectivity index (χ0n) is 3.74. The van der Waals surface area contributed by atoms with E-state index in [2.05, 4.69) is 14.3 Å². The van der Waals surface area contributed by atoms with Crippen LogP contribution in [-0.2, 0) is 4.79 Å². The third-order valence-electron chi connectivity index (χ3n) is 0.491. The van der Waals surface area contributed by atoms with Crippen LogP contribution in [0.3, 0.4) is 0 Å². The number of aromatic nitrogens is 2. The summed E-state index contributed by atoms with van der Waals surface area (Å²) in [4.78, 5) is 16.3. The Balaban J connectivity index is 2.93. The summed E-state index contributed by atoms with van der Waals surface area (Å²) in [5.74, 6) is 0. The highest BCUT2D eigenvalue weighted by Crippen LogP contribution is 2.08. The normalized spacial score (nSPS) is 8.00. The highest BCUT2D eigenvalue weighted by Gasteiger charge is 1.86. The van der Waals surface area contributed by atoms with Gasteiger partial charge in [-0.15, -0.1) is 4.99 Å². The molecule has 0 unspecified atom stereocenters. The Morgan fingerprint density at radius 2 is 2.75 bits per heavy atom. The number of rotatable bonds is 1. The van der Waals surface area contributed by atoms with Crippen molar-refractivity contribution >= 4 is 22.7 Å². The molecule has 1 heterocycles. The lowest BCUT2D eigenvalue weighted by Gasteiger charge is -1.65. The molecule has 0 bridgehead atoms. The summed E-state index contributed by atoms with van der Waals surface area (Å²) in [5, 5.41) is 0.347. The first-order chi connectivity index (χ1) is 3.93. The van der Waals surface area contributed by atoms with Gasteiger partial charge in [0, 0.05) is 11.5 Å². The molecule has 0 fully saturated rings. The van der Waals surface area contributed by atoms with Crippen molar-refractivity contribution in [3.8, 4) is 0 Å². The number of hydrogen-bond donors (Lipinski definition) is 0. The van der Waals surface area contributed by atoms with E-state index >= 15 is 0 Å². The summed E-state index contributed by atoms with van der Waals surface area (Å²) in [6, 6.07) is 0. The fourth-order valence-corrected chi connectivity index (χ4v) is 0.617. The molecule has 1 aromatic heterocycles. The lowest BCUT2D eigenvalue weighted by atomic mass is 11.2. The molecule has 1 rings (SSSR count). The molecule has 0 saturated heterocycles. The van der Waals surface area contributed by atoms with Gasteiger partial charge in [0.2, 0.25) is 11.2 Å². The Morgan fingerprint density at radius 1 is 1.88 bits per heavy atom. The predicted molar refractivity (Wildman–Crippen MR) is 27.7 cm³/mol. The van der Waals surface area contributed by atoms with Gasteiger partial charge in [-0.2, -0.15) is 4.37 Å². The van der Waals surface area contributed by atoms with Crippen LogP contribution in [0.1, 0.15) is 0 Å². The Morgan fingerprint density at radius 3 is 3.25 bits per heavy atom. The molecule has 0 aliphatic carbocycles. The van der Waals surface area contributed by atoms with Crippen LogP contribution in [0.5, 0.6) is 0 Å². The maximum absolute atomic E-state index is 9.52. The van der Waals surface area contributed by atoms with Crippen molar-refractivity contribution in [2.24, 2.45) is 4.99 Å². The lowest BCUT2D eigenvalue weighted by molar-refractivity contribution is 0.565. The van der Waals surface area contributed by atoms with Crippen molar-refractivity contribution in [1.82, 2.24) is 9.36 Å². The highest BCUT2D eigenvalue weighted by atomic mass is 32.1. The second-order valence-electron chi connectivity index (χ2n) is 0.927. The van der Waals surface area contributed by atoms with Crippen LogP contribution >= 0.6 is 11.5 Å². The van der Waals surface area contributed by atoms with E-state index in [0.29, 0.717) is 5.13 Å². The smallest absolute Gasteiger partial charge is 0.211 e. The fourth-order valence-electron chi connectivity index (χ4n) is 0.256. The molecule has 0 radical (unpaired) electrons. The quantitative estimate of drug-likeness (QED) is 0.408. The van der Waals surface area contributed by atoms with Gasteiger partial charge in [-0.3, -0.25) is 0 Å². The van der Waals surface area contributed by atoms with E-state index in [-0.39, 0.29) is 0 Å². The van der Waals surface area contributed by atoms with Gasteiger partial charge in [-0.25, -0.2) is 9.78 Å².